The Morgan fingerprint density at radius 2 is 1.90 bits per heavy atom. The van der Waals surface area contributed by atoms with Crippen LogP contribution in [0.4, 0.5) is 4.39 Å². The number of thiophene rings is 1. The van der Waals surface area contributed by atoms with Gasteiger partial charge in [0.25, 0.3) is 0 Å². The number of unbranched alkanes of at least 4 members (excludes halogenated alkanes) is 4. The zero-order chi connectivity index (χ0) is 35.7. The van der Waals surface area contributed by atoms with Gasteiger partial charge >= 0.3 is 0 Å². The lowest BCUT2D eigenvalue weighted by Gasteiger charge is -2.21. The van der Waals surface area contributed by atoms with Crippen LogP contribution in [0, 0.1) is 17.7 Å². The largest absolute Gasteiger partial charge is 0.471 e. The molecular weight excluding hydrogens is 696 g/mol. The Bertz CT molecular complexity index is 2120. The molecule has 2 saturated carbocycles. The zero-order valence-electron chi connectivity index (χ0n) is 27.9. The van der Waals surface area contributed by atoms with Crippen LogP contribution < -0.4 is 15.2 Å². The van der Waals surface area contributed by atoms with Crippen LogP contribution in [-0.4, -0.2) is 69.9 Å². The highest BCUT2D eigenvalue weighted by Gasteiger charge is 2.45. The third-order valence-electron chi connectivity index (χ3n) is 9.61. The molecule has 4 aromatic rings. The first-order valence-electron chi connectivity index (χ1n) is 17.4. The second kappa shape index (κ2) is 14.6. The van der Waals surface area contributed by atoms with E-state index in [9.17, 15) is 27.2 Å². The van der Waals surface area contributed by atoms with Crippen molar-refractivity contribution in [1.82, 2.24) is 24.6 Å². The summed E-state index contributed by atoms with van der Waals surface area (Å²) in [6, 6.07) is 8.92. The number of sulfonamides is 1. The molecule has 0 bridgehead atoms. The molecule has 1 saturated heterocycles. The maximum Gasteiger partial charge on any atom is 0.240 e. The van der Waals surface area contributed by atoms with Crippen LogP contribution in [0.3, 0.4) is 0 Å². The number of aromatic nitrogens is 3. The summed E-state index contributed by atoms with van der Waals surface area (Å²) < 4.78 is 47.4. The molecule has 51 heavy (non-hydrogen) atoms. The molecule has 0 spiro atoms. The number of carbonyl (C=O) groups excluding carboxylic acids is 3. The topological polar surface area (TPSA) is 175 Å². The van der Waals surface area contributed by atoms with Gasteiger partial charge in [-0.25, -0.2) is 22.8 Å². The number of likely N-dealkylation sites (tertiary alicyclic amines) is 1. The molecule has 7 rings (SSSR count). The summed E-state index contributed by atoms with van der Waals surface area (Å²) in [6.45, 7) is 0.174. The van der Waals surface area contributed by atoms with Gasteiger partial charge in [0.15, 0.2) is 5.82 Å². The maximum atomic E-state index is 14.1. The van der Waals surface area contributed by atoms with E-state index in [1.54, 1.807) is 18.3 Å². The zero-order valence-corrected chi connectivity index (χ0v) is 29.5. The lowest BCUT2D eigenvalue weighted by Crippen LogP contribution is -2.43. The van der Waals surface area contributed by atoms with E-state index in [1.165, 1.54) is 28.4 Å². The minimum absolute atomic E-state index is 0.0845. The number of pyridine rings is 1. The van der Waals surface area contributed by atoms with Crippen LogP contribution in [0.1, 0.15) is 64.2 Å². The first-order chi connectivity index (χ1) is 24.6. The minimum atomic E-state index is -3.51. The van der Waals surface area contributed by atoms with Crippen molar-refractivity contribution >= 4 is 59.5 Å². The normalized spacial score (nSPS) is 21.8. The molecule has 12 nitrogen and oxygen atoms in total. The van der Waals surface area contributed by atoms with Crippen molar-refractivity contribution in [3.8, 4) is 17.3 Å². The number of nitrogens with zero attached hydrogens (tertiary/aromatic N) is 4. The van der Waals surface area contributed by atoms with Gasteiger partial charge in [-0.1, -0.05) is 37.1 Å². The molecule has 0 unspecified atom stereocenters. The van der Waals surface area contributed by atoms with Crippen molar-refractivity contribution in [3.05, 3.63) is 60.6 Å². The van der Waals surface area contributed by atoms with Gasteiger partial charge in [-0.15, -0.1) is 11.3 Å². The van der Waals surface area contributed by atoms with E-state index in [2.05, 4.69) is 14.7 Å². The number of carbonyl (C=O) groups is 3. The van der Waals surface area contributed by atoms with E-state index in [-0.39, 0.29) is 48.8 Å². The van der Waals surface area contributed by atoms with Crippen LogP contribution in [0.15, 0.2) is 54.7 Å². The number of nitrogens with two attached hydrogens (primary N) is 1. The molecule has 0 radical (unpaired) electrons. The molecule has 3 amide bonds. The number of halogens is 1. The monoisotopic (exact) mass is 734 g/mol. The van der Waals surface area contributed by atoms with Crippen molar-refractivity contribution in [1.29, 1.82) is 0 Å². The molecule has 1 aliphatic heterocycles. The number of primary amides is 1. The summed E-state index contributed by atoms with van der Waals surface area (Å²) in [5, 5.41) is 0.406. The number of ether oxygens (including phenoxy) is 1. The van der Waals surface area contributed by atoms with Gasteiger partial charge in [0, 0.05) is 35.9 Å². The van der Waals surface area contributed by atoms with Crippen LogP contribution in [0.5, 0.6) is 5.88 Å². The highest BCUT2D eigenvalue weighted by atomic mass is 32.2. The van der Waals surface area contributed by atoms with E-state index in [4.69, 9.17) is 15.5 Å². The number of allylic oxidation sites excluding steroid dienone is 2. The average Bonchev–Trinajstić information content (AvgIpc) is 4.03. The first-order valence-corrected chi connectivity index (χ1v) is 19.7. The standard InChI is InChI=1S/C36H39FN6O6S2/c37-23-11-7-10-22(17-23)33-40-30-26-12-8-16-39-36(26)50-31(30)35(41-33)49-24-19-28(32(38)45)43(20-24)29(44)13-6-4-2-1-3-5-9-21-18-27(21)34(46)42-51(47,48)25-14-15-25/h5,7-12,16-17,21,24-25,27-28H,1-4,6,13-15,18-20H2,(H2,38,45)(H,42,46)/b9-5-/t21-,24-,27+,28+/m1/s1. The molecule has 15 heteroatoms. The number of amides is 3. The highest BCUT2D eigenvalue weighted by Crippen LogP contribution is 2.41. The minimum Gasteiger partial charge on any atom is -0.471 e. The first kappa shape index (κ1) is 34.9. The van der Waals surface area contributed by atoms with E-state index >= 15 is 0 Å². The molecule has 1 aromatic carbocycles. The molecule has 3 N–H and O–H groups in total. The molecule has 3 aliphatic rings. The average molecular weight is 735 g/mol. The summed E-state index contributed by atoms with van der Waals surface area (Å²) in [7, 11) is -3.51. The van der Waals surface area contributed by atoms with Crippen LogP contribution in [0.2, 0.25) is 0 Å². The second-order valence-corrected chi connectivity index (χ2v) is 16.5. The van der Waals surface area contributed by atoms with Crippen molar-refractivity contribution in [3.63, 3.8) is 0 Å². The fraction of sp³-hybridized carbons (Fsp3) is 0.444. The van der Waals surface area contributed by atoms with Gasteiger partial charge in [-0.05, 0) is 68.7 Å². The molecule has 3 aromatic heterocycles. The Hall–Kier alpha value is -4.50. The number of hydrogen-bond acceptors (Lipinski definition) is 10. The van der Waals surface area contributed by atoms with E-state index in [0.717, 1.165) is 35.9 Å². The predicted molar refractivity (Wildman–Crippen MR) is 190 cm³/mol. The Balaban J connectivity index is 0.908. The number of hydrogen-bond donors (Lipinski definition) is 2. The summed E-state index contributed by atoms with van der Waals surface area (Å²) in [5.41, 5.74) is 6.85. The highest BCUT2D eigenvalue weighted by molar-refractivity contribution is 7.90. The molecule has 4 atom stereocenters. The lowest BCUT2D eigenvalue weighted by molar-refractivity contribution is -0.137. The lowest BCUT2D eigenvalue weighted by atomic mass is 10.1. The summed E-state index contributed by atoms with van der Waals surface area (Å²) in [4.78, 5) is 54.1. The van der Waals surface area contributed by atoms with Crippen molar-refractivity contribution in [2.24, 2.45) is 17.6 Å². The van der Waals surface area contributed by atoms with Crippen LogP contribution in [0.25, 0.3) is 31.8 Å². The van der Waals surface area contributed by atoms with Crippen molar-refractivity contribution in [2.45, 2.75) is 81.6 Å². The van der Waals surface area contributed by atoms with Gasteiger partial charge < -0.3 is 15.4 Å². The predicted octanol–water partition coefficient (Wildman–Crippen LogP) is 5.02. The van der Waals surface area contributed by atoms with E-state index in [1.807, 2.05) is 24.3 Å². The molecule has 2 aliphatic carbocycles. The van der Waals surface area contributed by atoms with Gasteiger partial charge in [-0.2, -0.15) is 4.98 Å². The summed E-state index contributed by atoms with van der Waals surface area (Å²) in [6.07, 6.45) is 11.8. The molecule has 268 valence electrons. The third-order valence-corrected chi connectivity index (χ3v) is 12.5. The fourth-order valence-electron chi connectivity index (χ4n) is 6.59. The number of benzene rings is 1. The van der Waals surface area contributed by atoms with Crippen molar-refractivity contribution in [2.75, 3.05) is 6.54 Å². The molecular formula is C36H39FN6O6S2. The SMILES string of the molecule is NC(=O)[C@@H]1C[C@@H](Oc2nc(-c3cccc(F)c3)nc3c2sc2ncccc23)CN1C(=O)CCCCCC/C=C\[C@@H]1C[C@@H]1C(=O)NS(=O)(=O)C1CC1. The Morgan fingerprint density at radius 1 is 1.08 bits per heavy atom. The Labute approximate surface area is 298 Å². The summed E-state index contributed by atoms with van der Waals surface area (Å²) >= 11 is 1.38. The number of nitrogens with one attached hydrogen (secondary N) is 1. The fourth-order valence-corrected chi connectivity index (χ4v) is 8.96. The number of fused-ring (bicyclic) bond motifs is 3. The van der Waals surface area contributed by atoms with E-state index in [0.29, 0.717) is 41.5 Å². The molecule has 4 heterocycles. The number of rotatable bonds is 15. The third kappa shape index (κ3) is 8.04. The van der Waals surface area contributed by atoms with Gasteiger partial charge in [-0.3, -0.25) is 19.1 Å². The second-order valence-electron chi connectivity index (χ2n) is 13.5. The smallest absolute Gasteiger partial charge is 0.240 e. The van der Waals surface area contributed by atoms with Crippen LogP contribution >= 0.6 is 11.3 Å². The van der Waals surface area contributed by atoms with Gasteiger partial charge in [0.05, 0.1) is 17.3 Å². The quantitative estimate of drug-likeness (QED) is 0.126. The van der Waals surface area contributed by atoms with Gasteiger partial charge in [0.2, 0.25) is 33.6 Å². The molecule has 3 fully saturated rings. The maximum absolute atomic E-state index is 14.1. The Morgan fingerprint density at radius 3 is 2.69 bits per heavy atom. The summed E-state index contributed by atoms with van der Waals surface area (Å²) in [5.74, 6) is -1.20. The van der Waals surface area contributed by atoms with Crippen LogP contribution in [-0.2, 0) is 24.4 Å². The van der Waals surface area contributed by atoms with Gasteiger partial charge in [0.1, 0.15) is 27.5 Å². The van der Waals surface area contributed by atoms with Crippen molar-refractivity contribution < 1.29 is 31.9 Å². The van der Waals surface area contributed by atoms with E-state index < -0.39 is 45.1 Å². The Kier molecular flexibility index (Phi) is 10.0.